The molecule has 1 aromatic rings. The lowest BCUT2D eigenvalue weighted by molar-refractivity contribution is 0.247. The van der Waals surface area contributed by atoms with Crippen LogP contribution >= 0.6 is 0 Å². The predicted octanol–water partition coefficient (Wildman–Crippen LogP) is 1.92. The number of piperidine rings is 1. The number of anilines is 2. The Hall–Kier alpha value is -1.36. The first-order valence-electron chi connectivity index (χ1n) is 7.53. The number of hydrogen-bond acceptors (Lipinski definition) is 5. The number of rotatable bonds is 4. The Balaban J connectivity index is 2.30. The van der Waals surface area contributed by atoms with Gasteiger partial charge < -0.3 is 15.1 Å². The van der Waals surface area contributed by atoms with Gasteiger partial charge in [0.15, 0.2) is 0 Å². The Bertz CT molecular complexity index is 460. The fourth-order valence-corrected chi connectivity index (χ4v) is 2.92. The SMILES string of the molecule is CCc1nc(NC)c(C)c(N(C)C2CCCN(C)C2)n1. The fraction of sp³-hybridized carbons (Fsp3) is 0.733. The standard InChI is InChI=1S/C15H27N5/c1-6-13-17-14(16-3)11(2)15(18-13)20(5)12-8-7-9-19(4)10-12/h12H,6-10H2,1-5H3,(H,16,17,18). The zero-order chi connectivity index (χ0) is 14.7. The Morgan fingerprint density at radius 1 is 1.40 bits per heavy atom. The van der Waals surface area contributed by atoms with Gasteiger partial charge in [-0.2, -0.15) is 0 Å². The molecule has 1 saturated heterocycles. The van der Waals surface area contributed by atoms with Crippen molar-refractivity contribution < 1.29 is 0 Å². The third-order valence-corrected chi connectivity index (χ3v) is 4.20. The number of aromatic nitrogens is 2. The summed E-state index contributed by atoms with van der Waals surface area (Å²) in [6.07, 6.45) is 3.36. The van der Waals surface area contributed by atoms with Crippen LogP contribution in [0.2, 0.25) is 0 Å². The summed E-state index contributed by atoms with van der Waals surface area (Å²) in [7, 11) is 6.29. The lowest BCUT2D eigenvalue weighted by Gasteiger charge is -2.37. The third kappa shape index (κ3) is 3.03. The van der Waals surface area contributed by atoms with E-state index in [4.69, 9.17) is 4.98 Å². The smallest absolute Gasteiger partial charge is 0.137 e. The third-order valence-electron chi connectivity index (χ3n) is 4.20. The zero-order valence-corrected chi connectivity index (χ0v) is 13.4. The minimum atomic E-state index is 0.539. The Labute approximate surface area is 122 Å². The highest BCUT2D eigenvalue weighted by Crippen LogP contribution is 2.26. The van der Waals surface area contributed by atoms with Gasteiger partial charge >= 0.3 is 0 Å². The van der Waals surface area contributed by atoms with E-state index in [2.05, 4.69) is 48.0 Å². The molecule has 0 spiro atoms. The molecule has 20 heavy (non-hydrogen) atoms. The number of hydrogen-bond donors (Lipinski definition) is 1. The van der Waals surface area contributed by atoms with Gasteiger partial charge in [-0.25, -0.2) is 9.97 Å². The molecule has 1 aromatic heterocycles. The van der Waals surface area contributed by atoms with Crippen LogP contribution in [0.3, 0.4) is 0 Å². The van der Waals surface area contributed by atoms with E-state index in [0.29, 0.717) is 6.04 Å². The van der Waals surface area contributed by atoms with Crippen molar-refractivity contribution in [3.63, 3.8) is 0 Å². The number of likely N-dealkylation sites (N-methyl/N-ethyl adjacent to an activating group) is 2. The topological polar surface area (TPSA) is 44.3 Å². The summed E-state index contributed by atoms with van der Waals surface area (Å²) in [5.41, 5.74) is 1.14. The van der Waals surface area contributed by atoms with Crippen LogP contribution in [0.15, 0.2) is 0 Å². The van der Waals surface area contributed by atoms with Gasteiger partial charge in [0.05, 0.1) is 0 Å². The van der Waals surface area contributed by atoms with Crippen molar-refractivity contribution in [1.29, 1.82) is 0 Å². The zero-order valence-electron chi connectivity index (χ0n) is 13.4. The van der Waals surface area contributed by atoms with Crippen LogP contribution in [0.25, 0.3) is 0 Å². The highest BCUT2D eigenvalue weighted by molar-refractivity contribution is 5.58. The van der Waals surface area contributed by atoms with Gasteiger partial charge in [-0.15, -0.1) is 0 Å². The van der Waals surface area contributed by atoms with Gasteiger partial charge in [0.2, 0.25) is 0 Å². The molecule has 1 aliphatic rings. The molecule has 0 saturated carbocycles. The molecule has 5 nitrogen and oxygen atoms in total. The fourth-order valence-electron chi connectivity index (χ4n) is 2.92. The second kappa shape index (κ2) is 6.39. The summed E-state index contributed by atoms with van der Waals surface area (Å²) < 4.78 is 0. The normalized spacial score (nSPS) is 19.9. The van der Waals surface area contributed by atoms with Crippen LogP contribution in [0.4, 0.5) is 11.6 Å². The average Bonchev–Trinajstić information content (AvgIpc) is 2.47. The summed E-state index contributed by atoms with van der Waals surface area (Å²) >= 11 is 0. The van der Waals surface area contributed by atoms with Crippen LogP contribution < -0.4 is 10.2 Å². The maximum atomic E-state index is 4.76. The number of aryl methyl sites for hydroxylation is 1. The van der Waals surface area contributed by atoms with Gasteiger partial charge in [-0.05, 0) is 33.4 Å². The van der Waals surface area contributed by atoms with Crippen molar-refractivity contribution in [2.75, 3.05) is 44.4 Å². The molecule has 1 N–H and O–H groups in total. The summed E-state index contributed by atoms with van der Waals surface area (Å²) in [5.74, 6) is 2.93. The molecule has 1 aliphatic heterocycles. The van der Waals surface area contributed by atoms with E-state index in [1.807, 2.05) is 7.05 Å². The van der Waals surface area contributed by atoms with Gasteiger partial charge in [-0.3, -0.25) is 0 Å². The van der Waals surface area contributed by atoms with Gasteiger partial charge in [-0.1, -0.05) is 6.92 Å². The highest BCUT2D eigenvalue weighted by Gasteiger charge is 2.24. The molecule has 0 aromatic carbocycles. The van der Waals surface area contributed by atoms with E-state index in [1.165, 1.54) is 19.4 Å². The molecule has 2 rings (SSSR count). The molecular weight excluding hydrogens is 250 g/mol. The van der Waals surface area contributed by atoms with Crippen molar-refractivity contribution in [3.8, 4) is 0 Å². The summed E-state index contributed by atoms with van der Waals surface area (Å²) in [4.78, 5) is 14.1. The monoisotopic (exact) mass is 277 g/mol. The minimum Gasteiger partial charge on any atom is -0.373 e. The van der Waals surface area contributed by atoms with Crippen molar-refractivity contribution in [2.24, 2.45) is 0 Å². The van der Waals surface area contributed by atoms with E-state index >= 15 is 0 Å². The van der Waals surface area contributed by atoms with Crippen LogP contribution in [-0.2, 0) is 6.42 Å². The summed E-state index contributed by atoms with van der Waals surface area (Å²) in [5, 5.41) is 3.19. The molecule has 0 aliphatic carbocycles. The van der Waals surface area contributed by atoms with E-state index < -0.39 is 0 Å². The van der Waals surface area contributed by atoms with Crippen LogP contribution in [0, 0.1) is 6.92 Å². The molecule has 1 atom stereocenters. The Morgan fingerprint density at radius 3 is 2.75 bits per heavy atom. The van der Waals surface area contributed by atoms with E-state index in [-0.39, 0.29) is 0 Å². The predicted molar refractivity (Wildman–Crippen MR) is 84.6 cm³/mol. The number of likely N-dealkylation sites (tertiary alicyclic amines) is 1. The number of nitrogens with zero attached hydrogens (tertiary/aromatic N) is 4. The molecule has 0 bridgehead atoms. The molecule has 5 heteroatoms. The summed E-state index contributed by atoms with van der Waals surface area (Å²) in [6.45, 7) is 6.51. The lowest BCUT2D eigenvalue weighted by atomic mass is 10.0. The maximum Gasteiger partial charge on any atom is 0.137 e. The first kappa shape index (κ1) is 15.0. The Kier molecular flexibility index (Phi) is 4.81. The van der Waals surface area contributed by atoms with Gasteiger partial charge in [0, 0.05) is 38.7 Å². The average molecular weight is 277 g/mol. The molecule has 0 radical (unpaired) electrons. The second-order valence-corrected chi connectivity index (χ2v) is 5.71. The van der Waals surface area contributed by atoms with Crippen molar-refractivity contribution in [3.05, 3.63) is 11.4 Å². The van der Waals surface area contributed by atoms with E-state index in [9.17, 15) is 0 Å². The van der Waals surface area contributed by atoms with Crippen molar-refractivity contribution in [2.45, 2.75) is 39.2 Å². The largest absolute Gasteiger partial charge is 0.373 e. The Morgan fingerprint density at radius 2 is 2.15 bits per heavy atom. The minimum absolute atomic E-state index is 0.539. The first-order valence-corrected chi connectivity index (χ1v) is 7.53. The number of nitrogens with one attached hydrogen (secondary N) is 1. The molecule has 2 heterocycles. The second-order valence-electron chi connectivity index (χ2n) is 5.71. The quantitative estimate of drug-likeness (QED) is 0.911. The first-order chi connectivity index (χ1) is 9.56. The van der Waals surface area contributed by atoms with Crippen molar-refractivity contribution in [1.82, 2.24) is 14.9 Å². The molecule has 1 unspecified atom stereocenters. The van der Waals surface area contributed by atoms with Gasteiger partial charge in [0.1, 0.15) is 17.5 Å². The molecular formula is C15H27N5. The van der Waals surface area contributed by atoms with E-state index in [0.717, 1.165) is 36.0 Å². The van der Waals surface area contributed by atoms with Crippen LogP contribution in [0.1, 0.15) is 31.2 Å². The molecule has 1 fully saturated rings. The van der Waals surface area contributed by atoms with Crippen molar-refractivity contribution >= 4 is 11.6 Å². The molecule has 112 valence electrons. The van der Waals surface area contributed by atoms with Gasteiger partial charge in [0.25, 0.3) is 0 Å². The lowest BCUT2D eigenvalue weighted by Crippen LogP contribution is -2.45. The summed E-state index contributed by atoms with van der Waals surface area (Å²) in [6, 6.07) is 0.539. The molecule has 0 amide bonds. The van der Waals surface area contributed by atoms with E-state index in [1.54, 1.807) is 0 Å². The maximum absolute atomic E-state index is 4.76. The highest BCUT2D eigenvalue weighted by atomic mass is 15.3. The van der Waals surface area contributed by atoms with Crippen LogP contribution in [-0.4, -0.2) is 55.1 Å². The van der Waals surface area contributed by atoms with Crippen LogP contribution in [0.5, 0.6) is 0 Å².